The number of thiazole rings is 1. The molecule has 4 nitrogen and oxygen atoms in total. The maximum atomic E-state index is 11.9. The van der Waals surface area contributed by atoms with Crippen molar-refractivity contribution in [3.8, 4) is 17.0 Å². The summed E-state index contributed by atoms with van der Waals surface area (Å²) in [4.78, 5) is 16.4. The van der Waals surface area contributed by atoms with Crippen LogP contribution in [-0.4, -0.2) is 17.5 Å². The summed E-state index contributed by atoms with van der Waals surface area (Å²) in [5.41, 5.74) is 3.20. The van der Waals surface area contributed by atoms with Gasteiger partial charge in [-0.2, -0.15) is 0 Å². The van der Waals surface area contributed by atoms with Gasteiger partial charge in [0.25, 0.3) is 5.91 Å². The fraction of sp³-hybridized carbons (Fsp3) is 0.158. The van der Waals surface area contributed by atoms with Gasteiger partial charge in [0.15, 0.2) is 11.7 Å². The van der Waals surface area contributed by atoms with Gasteiger partial charge in [-0.15, -0.1) is 11.3 Å². The maximum absolute atomic E-state index is 11.9. The number of nitrogens with zero attached hydrogens (tertiary/aromatic N) is 1. The highest BCUT2D eigenvalue weighted by Gasteiger charge is 2.09. The third-order valence-electron chi connectivity index (χ3n) is 3.52. The standard InChI is InChI=1S/C19H18N2O2S/c1-2-14-8-10-15(11-9-14)17-13-24-19(20-17)21-18(22)12-23-16-6-4-3-5-7-16/h3-11,13H,2,12H2,1H3,(H,20,21,22). The fourth-order valence-electron chi connectivity index (χ4n) is 2.20. The Balaban J connectivity index is 1.58. The van der Waals surface area contributed by atoms with Crippen LogP contribution in [-0.2, 0) is 11.2 Å². The highest BCUT2D eigenvalue weighted by molar-refractivity contribution is 7.14. The van der Waals surface area contributed by atoms with E-state index in [0.29, 0.717) is 10.9 Å². The largest absolute Gasteiger partial charge is 0.484 e. The number of carbonyl (C=O) groups is 1. The lowest BCUT2D eigenvalue weighted by Crippen LogP contribution is -2.19. The molecule has 2 aromatic carbocycles. The summed E-state index contributed by atoms with van der Waals surface area (Å²) >= 11 is 1.41. The summed E-state index contributed by atoms with van der Waals surface area (Å²) in [5, 5.41) is 5.28. The number of carbonyl (C=O) groups excluding carboxylic acids is 1. The van der Waals surface area contributed by atoms with Crippen molar-refractivity contribution in [2.45, 2.75) is 13.3 Å². The van der Waals surface area contributed by atoms with Crippen LogP contribution in [0, 0.1) is 0 Å². The lowest BCUT2D eigenvalue weighted by molar-refractivity contribution is -0.118. The molecule has 3 aromatic rings. The van der Waals surface area contributed by atoms with Crippen LogP contribution in [0.4, 0.5) is 5.13 Å². The normalized spacial score (nSPS) is 10.4. The number of aryl methyl sites for hydroxylation is 1. The molecule has 1 aromatic heterocycles. The Morgan fingerprint density at radius 1 is 1.12 bits per heavy atom. The molecule has 1 amide bonds. The minimum absolute atomic E-state index is 0.0376. The molecule has 0 radical (unpaired) electrons. The van der Waals surface area contributed by atoms with Gasteiger partial charge in [-0.1, -0.05) is 49.4 Å². The minimum Gasteiger partial charge on any atom is -0.484 e. The van der Waals surface area contributed by atoms with E-state index in [1.54, 1.807) is 0 Å². The Morgan fingerprint density at radius 2 is 1.88 bits per heavy atom. The first-order chi connectivity index (χ1) is 11.7. The number of benzene rings is 2. The van der Waals surface area contributed by atoms with Crippen LogP contribution in [0.2, 0.25) is 0 Å². The van der Waals surface area contributed by atoms with Crippen molar-refractivity contribution in [2.24, 2.45) is 0 Å². The van der Waals surface area contributed by atoms with Gasteiger partial charge in [0.2, 0.25) is 0 Å². The number of nitrogens with one attached hydrogen (secondary N) is 1. The van der Waals surface area contributed by atoms with Crippen LogP contribution in [0.25, 0.3) is 11.3 Å². The molecule has 1 heterocycles. The average Bonchev–Trinajstić information content (AvgIpc) is 3.09. The van der Waals surface area contributed by atoms with E-state index in [9.17, 15) is 4.79 Å². The summed E-state index contributed by atoms with van der Waals surface area (Å²) in [6, 6.07) is 17.6. The number of ether oxygens (including phenoxy) is 1. The molecule has 0 bridgehead atoms. The maximum Gasteiger partial charge on any atom is 0.264 e. The zero-order chi connectivity index (χ0) is 16.8. The number of para-hydroxylation sites is 1. The fourth-order valence-corrected chi connectivity index (χ4v) is 2.93. The predicted molar refractivity (Wildman–Crippen MR) is 97.5 cm³/mol. The molecule has 3 rings (SSSR count). The van der Waals surface area contributed by atoms with Crippen molar-refractivity contribution in [1.82, 2.24) is 4.98 Å². The molecule has 0 unspecified atom stereocenters. The van der Waals surface area contributed by atoms with Crippen molar-refractivity contribution in [1.29, 1.82) is 0 Å². The SMILES string of the molecule is CCc1ccc(-c2csc(NC(=O)COc3ccccc3)n2)cc1. The van der Waals surface area contributed by atoms with Crippen LogP contribution in [0.3, 0.4) is 0 Å². The molecule has 5 heteroatoms. The van der Waals surface area contributed by atoms with Crippen LogP contribution in [0.15, 0.2) is 60.0 Å². The third kappa shape index (κ3) is 4.20. The van der Waals surface area contributed by atoms with Gasteiger partial charge in [0.1, 0.15) is 5.75 Å². The van der Waals surface area contributed by atoms with E-state index in [0.717, 1.165) is 17.7 Å². The number of anilines is 1. The highest BCUT2D eigenvalue weighted by atomic mass is 32.1. The third-order valence-corrected chi connectivity index (χ3v) is 4.28. The molecular weight excluding hydrogens is 320 g/mol. The van der Waals surface area contributed by atoms with Gasteiger partial charge in [-0.3, -0.25) is 10.1 Å². The Bertz CT molecular complexity index is 798. The molecule has 0 aliphatic heterocycles. The Hall–Kier alpha value is -2.66. The summed E-state index contributed by atoms with van der Waals surface area (Å²) in [6.07, 6.45) is 1.01. The first-order valence-corrected chi connectivity index (χ1v) is 8.65. The van der Waals surface area contributed by atoms with Crippen molar-refractivity contribution in [2.75, 3.05) is 11.9 Å². The quantitative estimate of drug-likeness (QED) is 0.725. The smallest absolute Gasteiger partial charge is 0.264 e. The van der Waals surface area contributed by atoms with Crippen molar-refractivity contribution in [3.05, 3.63) is 65.5 Å². The molecule has 1 N–H and O–H groups in total. The number of aromatic nitrogens is 1. The monoisotopic (exact) mass is 338 g/mol. The first-order valence-electron chi connectivity index (χ1n) is 7.77. The average molecular weight is 338 g/mol. The molecule has 0 fully saturated rings. The van der Waals surface area contributed by atoms with Gasteiger partial charge >= 0.3 is 0 Å². The van der Waals surface area contributed by atoms with Crippen LogP contribution < -0.4 is 10.1 Å². The van der Waals surface area contributed by atoms with Gasteiger partial charge in [0.05, 0.1) is 5.69 Å². The van der Waals surface area contributed by atoms with E-state index in [-0.39, 0.29) is 12.5 Å². The summed E-state index contributed by atoms with van der Waals surface area (Å²) in [6.45, 7) is 2.09. The second kappa shape index (κ2) is 7.75. The van der Waals surface area contributed by atoms with Gasteiger partial charge in [-0.05, 0) is 24.1 Å². The lowest BCUT2D eigenvalue weighted by atomic mass is 10.1. The Kier molecular flexibility index (Phi) is 5.23. The topological polar surface area (TPSA) is 51.2 Å². The van der Waals surface area contributed by atoms with Crippen LogP contribution in [0.5, 0.6) is 5.75 Å². The second-order valence-electron chi connectivity index (χ2n) is 5.24. The molecule has 0 aliphatic carbocycles. The number of hydrogen-bond acceptors (Lipinski definition) is 4. The van der Waals surface area contributed by atoms with Gasteiger partial charge < -0.3 is 4.74 Å². The lowest BCUT2D eigenvalue weighted by Gasteiger charge is -2.05. The van der Waals surface area contributed by atoms with Gasteiger partial charge in [0, 0.05) is 10.9 Å². The van der Waals surface area contributed by atoms with Crippen molar-refractivity contribution >= 4 is 22.4 Å². The zero-order valence-electron chi connectivity index (χ0n) is 13.4. The molecule has 0 aliphatic rings. The highest BCUT2D eigenvalue weighted by Crippen LogP contribution is 2.25. The van der Waals surface area contributed by atoms with E-state index in [1.165, 1.54) is 16.9 Å². The summed E-state index contributed by atoms with van der Waals surface area (Å²) in [7, 11) is 0. The number of hydrogen-bond donors (Lipinski definition) is 1. The molecule has 24 heavy (non-hydrogen) atoms. The van der Waals surface area contributed by atoms with Crippen molar-refractivity contribution in [3.63, 3.8) is 0 Å². The number of rotatable bonds is 6. The molecule has 0 spiro atoms. The molecule has 0 saturated carbocycles. The van der Waals surface area contributed by atoms with Crippen LogP contribution >= 0.6 is 11.3 Å². The molecule has 0 atom stereocenters. The van der Waals surface area contributed by atoms with E-state index < -0.39 is 0 Å². The molecule has 122 valence electrons. The van der Waals surface area contributed by atoms with Gasteiger partial charge in [-0.25, -0.2) is 4.98 Å². The zero-order valence-corrected chi connectivity index (χ0v) is 14.2. The Labute approximate surface area is 145 Å². The predicted octanol–water partition coefficient (Wildman–Crippen LogP) is 4.39. The van der Waals surface area contributed by atoms with Crippen LogP contribution in [0.1, 0.15) is 12.5 Å². The first kappa shape index (κ1) is 16.2. The Morgan fingerprint density at radius 3 is 2.58 bits per heavy atom. The summed E-state index contributed by atoms with van der Waals surface area (Å²) < 4.78 is 5.42. The summed E-state index contributed by atoms with van der Waals surface area (Å²) in [5.74, 6) is 0.449. The van der Waals surface area contributed by atoms with E-state index in [4.69, 9.17) is 4.74 Å². The molecular formula is C19H18N2O2S. The number of amides is 1. The second-order valence-corrected chi connectivity index (χ2v) is 6.10. The van der Waals surface area contributed by atoms with E-state index >= 15 is 0 Å². The minimum atomic E-state index is -0.221. The van der Waals surface area contributed by atoms with Crippen molar-refractivity contribution < 1.29 is 9.53 Å². The van der Waals surface area contributed by atoms with E-state index in [2.05, 4.69) is 41.5 Å². The van der Waals surface area contributed by atoms with E-state index in [1.807, 2.05) is 35.7 Å². The molecule has 0 saturated heterocycles.